The summed E-state index contributed by atoms with van der Waals surface area (Å²) in [4.78, 5) is 34.6. The lowest BCUT2D eigenvalue weighted by Crippen LogP contribution is -2.42. The largest absolute Gasteiger partial charge is 0.433 e. The van der Waals surface area contributed by atoms with Crippen LogP contribution in [0, 0.1) is 11.8 Å². The molecule has 2 amide bonds. The summed E-state index contributed by atoms with van der Waals surface area (Å²) in [6.07, 6.45) is -1.82. The number of alkyl halides is 3. The Bertz CT molecular complexity index is 689. The van der Waals surface area contributed by atoms with E-state index in [0.29, 0.717) is 45.4 Å². The molecule has 0 radical (unpaired) electrons. The minimum atomic E-state index is -4.52. The zero-order valence-corrected chi connectivity index (χ0v) is 14.1. The monoisotopic (exact) mass is 371 g/mol. The van der Waals surface area contributed by atoms with Crippen molar-refractivity contribution in [2.75, 3.05) is 31.1 Å². The van der Waals surface area contributed by atoms with Crippen molar-refractivity contribution in [2.24, 2.45) is 17.6 Å². The van der Waals surface area contributed by atoms with Gasteiger partial charge in [-0.1, -0.05) is 0 Å². The van der Waals surface area contributed by atoms with Crippen molar-refractivity contribution in [3.05, 3.63) is 18.0 Å². The number of nitrogens with two attached hydrogens (primary N) is 1. The number of nitrogens with zero attached hydrogens (tertiary/aromatic N) is 4. The van der Waals surface area contributed by atoms with Crippen LogP contribution in [0.15, 0.2) is 12.3 Å². The van der Waals surface area contributed by atoms with E-state index in [2.05, 4.69) is 9.97 Å². The van der Waals surface area contributed by atoms with Crippen LogP contribution in [0.3, 0.4) is 0 Å². The van der Waals surface area contributed by atoms with Crippen molar-refractivity contribution < 1.29 is 22.8 Å². The number of anilines is 1. The second kappa shape index (κ2) is 7.08. The first-order chi connectivity index (χ1) is 12.3. The molecule has 3 rings (SSSR count). The van der Waals surface area contributed by atoms with Crippen LogP contribution in [-0.4, -0.2) is 52.9 Å². The van der Waals surface area contributed by atoms with Gasteiger partial charge < -0.3 is 15.5 Å². The molecular weight excluding hydrogens is 351 g/mol. The topological polar surface area (TPSA) is 92.4 Å². The van der Waals surface area contributed by atoms with Gasteiger partial charge in [-0.3, -0.25) is 9.59 Å². The molecule has 142 valence electrons. The van der Waals surface area contributed by atoms with Crippen LogP contribution in [0.5, 0.6) is 0 Å². The Hall–Kier alpha value is -2.39. The van der Waals surface area contributed by atoms with Crippen LogP contribution in [0.1, 0.15) is 25.0 Å². The summed E-state index contributed by atoms with van der Waals surface area (Å²) in [6, 6.07) is 0.836. The zero-order valence-electron chi connectivity index (χ0n) is 14.1. The molecule has 7 nitrogen and oxygen atoms in total. The van der Waals surface area contributed by atoms with Gasteiger partial charge >= 0.3 is 6.18 Å². The van der Waals surface area contributed by atoms with Gasteiger partial charge in [-0.15, -0.1) is 0 Å². The predicted molar refractivity (Wildman–Crippen MR) is 85.9 cm³/mol. The maximum Gasteiger partial charge on any atom is 0.433 e. The first-order valence-electron chi connectivity index (χ1n) is 8.49. The van der Waals surface area contributed by atoms with Gasteiger partial charge in [-0.25, -0.2) is 9.97 Å². The second-order valence-corrected chi connectivity index (χ2v) is 6.67. The molecule has 1 aromatic heterocycles. The lowest BCUT2D eigenvalue weighted by molar-refractivity contribution is -0.141. The number of piperidine rings is 1. The van der Waals surface area contributed by atoms with Gasteiger partial charge in [0.2, 0.25) is 17.8 Å². The average molecular weight is 371 g/mol. The van der Waals surface area contributed by atoms with Crippen LogP contribution in [0.25, 0.3) is 0 Å². The lowest BCUT2D eigenvalue weighted by atomic mass is 9.95. The molecule has 0 aliphatic carbocycles. The van der Waals surface area contributed by atoms with Gasteiger partial charge in [0, 0.05) is 38.3 Å². The third-order valence-corrected chi connectivity index (χ3v) is 4.96. The maximum atomic E-state index is 12.8. The molecule has 2 aliphatic rings. The number of carbonyl (C=O) groups is 2. The van der Waals surface area contributed by atoms with Crippen molar-refractivity contribution in [3.8, 4) is 0 Å². The molecule has 2 aliphatic heterocycles. The number of hydrogen-bond acceptors (Lipinski definition) is 5. The molecule has 0 saturated carbocycles. The Balaban J connectivity index is 1.58. The highest BCUT2D eigenvalue weighted by Crippen LogP contribution is 2.29. The third-order valence-electron chi connectivity index (χ3n) is 4.96. The molecule has 1 aromatic rings. The van der Waals surface area contributed by atoms with Crippen molar-refractivity contribution in [2.45, 2.75) is 25.4 Å². The molecule has 2 N–H and O–H groups in total. The second-order valence-electron chi connectivity index (χ2n) is 6.67. The quantitative estimate of drug-likeness (QED) is 0.857. The number of primary amides is 1. The number of hydrogen-bond donors (Lipinski definition) is 1. The lowest BCUT2D eigenvalue weighted by Gasteiger charge is -2.33. The molecule has 26 heavy (non-hydrogen) atoms. The van der Waals surface area contributed by atoms with Crippen LogP contribution >= 0.6 is 0 Å². The van der Waals surface area contributed by atoms with E-state index in [1.54, 1.807) is 9.80 Å². The van der Waals surface area contributed by atoms with Crippen molar-refractivity contribution in [1.82, 2.24) is 14.9 Å². The number of likely N-dealkylation sites (tertiary alicyclic amines) is 1. The summed E-state index contributed by atoms with van der Waals surface area (Å²) < 4.78 is 38.3. The molecule has 0 aromatic carbocycles. The Kier molecular flexibility index (Phi) is 5.01. The van der Waals surface area contributed by atoms with Gasteiger partial charge in [-0.05, 0) is 25.3 Å². The Morgan fingerprint density at radius 2 is 1.77 bits per heavy atom. The number of aromatic nitrogens is 2. The van der Waals surface area contributed by atoms with Gasteiger partial charge in [0.1, 0.15) is 5.69 Å². The molecule has 0 spiro atoms. The van der Waals surface area contributed by atoms with Crippen molar-refractivity contribution in [3.63, 3.8) is 0 Å². The van der Waals surface area contributed by atoms with E-state index in [9.17, 15) is 22.8 Å². The first kappa shape index (κ1) is 18.4. The SMILES string of the molecule is NC(=O)C1CCN(C(=O)C2CCN(c3nccc(C(F)(F)F)n3)CC2)C1. The van der Waals surface area contributed by atoms with E-state index in [1.807, 2.05) is 0 Å². The van der Waals surface area contributed by atoms with E-state index < -0.39 is 17.8 Å². The van der Waals surface area contributed by atoms with E-state index in [1.165, 1.54) is 0 Å². The summed E-state index contributed by atoms with van der Waals surface area (Å²) >= 11 is 0. The molecule has 10 heteroatoms. The predicted octanol–water partition coefficient (Wildman–Crippen LogP) is 1.05. The van der Waals surface area contributed by atoms with Gasteiger partial charge in [0.05, 0.1) is 5.92 Å². The molecule has 2 saturated heterocycles. The first-order valence-corrected chi connectivity index (χ1v) is 8.49. The van der Waals surface area contributed by atoms with E-state index in [-0.39, 0.29) is 23.7 Å². The minimum Gasteiger partial charge on any atom is -0.369 e. The summed E-state index contributed by atoms with van der Waals surface area (Å²) in [5, 5.41) is 0. The van der Waals surface area contributed by atoms with Gasteiger partial charge in [-0.2, -0.15) is 13.2 Å². The highest BCUT2D eigenvalue weighted by atomic mass is 19.4. The normalized spacial score (nSPS) is 21.9. The molecular formula is C16H20F3N5O2. The number of rotatable bonds is 3. The van der Waals surface area contributed by atoms with Crippen LogP contribution in [-0.2, 0) is 15.8 Å². The Morgan fingerprint density at radius 1 is 1.12 bits per heavy atom. The maximum absolute atomic E-state index is 12.8. The summed E-state index contributed by atoms with van der Waals surface area (Å²) in [6.45, 7) is 1.68. The smallest absolute Gasteiger partial charge is 0.369 e. The highest BCUT2D eigenvalue weighted by molar-refractivity contribution is 5.82. The van der Waals surface area contributed by atoms with Crippen molar-refractivity contribution >= 4 is 17.8 Å². The summed E-state index contributed by atoms with van der Waals surface area (Å²) in [5.41, 5.74) is 4.31. The fraction of sp³-hybridized carbons (Fsp3) is 0.625. The standard InChI is InChI=1S/C16H20F3N5O2/c17-16(18,19)12-1-5-21-15(22-12)23-6-2-10(3-7-23)14(26)24-8-4-11(9-24)13(20)25/h1,5,10-11H,2-4,6-9H2,(H2,20,25). The number of amides is 2. The molecule has 2 fully saturated rings. The van der Waals surface area contributed by atoms with E-state index >= 15 is 0 Å². The van der Waals surface area contributed by atoms with Crippen molar-refractivity contribution in [1.29, 1.82) is 0 Å². The Labute approximate surface area is 148 Å². The molecule has 0 bridgehead atoms. The third kappa shape index (κ3) is 3.88. The average Bonchev–Trinajstić information content (AvgIpc) is 3.11. The van der Waals surface area contributed by atoms with Crippen LogP contribution < -0.4 is 10.6 Å². The molecule has 1 atom stereocenters. The summed E-state index contributed by atoms with van der Waals surface area (Å²) in [5.74, 6) is -0.878. The zero-order chi connectivity index (χ0) is 18.9. The van der Waals surface area contributed by atoms with Gasteiger partial charge in [0.25, 0.3) is 0 Å². The Morgan fingerprint density at radius 3 is 2.35 bits per heavy atom. The fourth-order valence-corrected chi connectivity index (χ4v) is 3.44. The fourth-order valence-electron chi connectivity index (χ4n) is 3.44. The van der Waals surface area contributed by atoms with E-state index in [0.717, 1.165) is 12.3 Å². The minimum absolute atomic E-state index is 0.0154. The molecule has 1 unspecified atom stereocenters. The summed E-state index contributed by atoms with van der Waals surface area (Å²) in [7, 11) is 0. The number of halogens is 3. The van der Waals surface area contributed by atoms with Gasteiger partial charge in [0.15, 0.2) is 0 Å². The van der Waals surface area contributed by atoms with Crippen LogP contribution in [0.2, 0.25) is 0 Å². The van der Waals surface area contributed by atoms with E-state index in [4.69, 9.17) is 5.73 Å². The number of carbonyl (C=O) groups excluding carboxylic acids is 2. The molecule has 3 heterocycles. The van der Waals surface area contributed by atoms with Crippen LogP contribution in [0.4, 0.5) is 19.1 Å². The highest BCUT2D eigenvalue weighted by Gasteiger charge is 2.36.